The molecular formula is C11H22N4O2S2. The Labute approximate surface area is 119 Å². The molecule has 0 aliphatic heterocycles. The van der Waals surface area contributed by atoms with Crippen molar-refractivity contribution in [1.29, 1.82) is 0 Å². The summed E-state index contributed by atoms with van der Waals surface area (Å²) in [7, 11) is -1.79. The van der Waals surface area contributed by atoms with Crippen molar-refractivity contribution in [1.82, 2.24) is 20.2 Å². The van der Waals surface area contributed by atoms with Gasteiger partial charge in [0.05, 0.1) is 0 Å². The molecule has 0 aliphatic rings. The minimum Gasteiger partial charge on any atom is -0.316 e. The zero-order valence-corrected chi connectivity index (χ0v) is 13.4. The second-order valence-electron chi connectivity index (χ2n) is 4.47. The summed E-state index contributed by atoms with van der Waals surface area (Å²) in [5.74, 6) is 0.923. The number of hydrogen-bond donors (Lipinski definition) is 3. The van der Waals surface area contributed by atoms with Gasteiger partial charge in [-0.25, -0.2) is 13.1 Å². The molecule has 0 fully saturated rings. The number of H-pyrrole nitrogens is 1. The molecule has 0 amide bonds. The minimum absolute atomic E-state index is 0.0929. The van der Waals surface area contributed by atoms with Crippen LogP contribution in [0.5, 0.6) is 0 Å². The van der Waals surface area contributed by atoms with E-state index < -0.39 is 10.0 Å². The van der Waals surface area contributed by atoms with Gasteiger partial charge >= 0.3 is 0 Å². The number of aromatic nitrogens is 2. The SMILES string of the molecule is CNCc1c(S(=O)(=O)NC(C)CCSC)n[nH]c1C. The third-order valence-corrected chi connectivity index (χ3v) is 4.96. The van der Waals surface area contributed by atoms with Crippen molar-refractivity contribution in [3.8, 4) is 0 Å². The fraction of sp³-hybridized carbons (Fsp3) is 0.727. The molecule has 0 aromatic carbocycles. The van der Waals surface area contributed by atoms with Gasteiger partial charge in [-0.15, -0.1) is 0 Å². The molecule has 0 bridgehead atoms. The van der Waals surface area contributed by atoms with Crippen LogP contribution in [0.3, 0.4) is 0 Å². The first-order chi connectivity index (χ1) is 8.92. The maximum Gasteiger partial charge on any atom is 0.260 e. The Hall–Kier alpha value is -0.570. The van der Waals surface area contributed by atoms with Crippen LogP contribution in [0.4, 0.5) is 0 Å². The van der Waals surface area contributed by atoms with Crippen LogP contribution < -0.4 is 10.0 Å². The predicted octanol–water partition coefficient (Wildman–Crippen LogP) is 0.857. The Morgan fingerprint density at radius 2 is 2.16 bits per heavy atom. The molecule has 1 atom stereocenters. The molecule has 1 rings (SSSR count). The average Bonchev–Trinajstić information content (AvgIpc) is 2.69. The van der Waals surface area contributed by atoms with Gasteiger partial charge in [-0.3, -0.25) is 5.10 Å². The van der Waals surface area contributed by atoms with Crippen LogP contribution >= 0.6 is 11.8 Å². The zero-order valence-electron chi connectivity index (χ0n) is 11.8. The molecule has 6 nitrogen and oxygen atoms in total. The lowest BCUT2D eigenvalue weighted by atomic mass is 10.3. The van der Waals surface area contributed by atoms with E-state index in [9.17, 15) is 8.42 Å². The standard InChI is InChI=1S/C11H22N4O2S2/c1-8(5-6-18-4)15-19(16,17)11-10(7-12-3)9(2)13-14-11/h8,12,15H,5-7H2,1-4H3,(H,13,14). The maximum absolute atomic E-state index is 12.3. The van der Waals surface area contributed by atoms with Crippen molar-refractivity contribution >= 4 is 21.8 Å². The Morgan fingerprint density at radius 1 is 1.47 bits per heavy atom. The molecule has 19 heavy (non-hydrogen) atoms. The first-order valence-electron chi connectivity index (χ1n) is 6.12. The second-order valence-corrected chi connectivity index (χ2v) is 7.08. The van der Waals surface area contributed by atoms with E-state index in [4.69, 9.17) is 0 Å². The summed E-state index contributed by atoms with van der Waals surface area (Å²) < 4.78 is 27.2. The van der Waals surface area contributed by atoms with Gasteiger partial charge in [-0.05, 0) is 39.3 Å². The van der Waals surface area contributed by atoms with E-state index in [1.807, 2.05) is 20.1 Å². The normalized spacial score (nSPS) is 13.7. The van der Waals surface area contributed by atoms with Crippen LogP contribution in [0.1, 0.15) is 24.6 Å². The van der Waals surface area contributed by atoms with E-state index >= 15 is 0 Å². The summed E-state index contributed by atoms with van der Waals surface area (Å²) in [5.41, 5.74) is 1.46. The summed E-state index contributed by atoms with van der Waals surface area (Å²) in [5, 5.41) is 9.70. The highest BCUT2D eigenvalue weighted by Crippen LogP contribution is 2.16. The van der Waals surface area contributed by atoms with E-state index in [0.717, 1.165) is 17.9 Å². The Morgan fingerprint density at radius 3 is 2.74 bits per heavy atom. The third kappa shape index (κ3) is 4.48. The van der Waals surface area contributed by atoms with Crippen molar-refractivity contribution in [3.05, 3.63) is 11.3 Å². The Balaban J connectivity index is 2.88. The summed E-state index contributed by atoms with van der Waals surface area (Å²) in [4.78, 5) is 0. The molecule has 0 saturated carbocycles. The molecule has 0 spiro atoms. The maximum atomic E-state index is 12.3. The molecule has 3 N–H and O–H groups in total. The van der Waals surface area contributed by atoms with E-state index in [2.05, 4.69) is 20.2 Å². The van der Waals surface area contributed by atoms with Crippen molar-refractivity contribution in [2.24, 2.45) is 0 Å². The lowest BCUT2D eigenvalue weighted by Crippen LogP contribution is -2.34. The molecule has 0 aliphatic carbocycles. The minimum atomic E-state index is -3.56. The van der Waals surface area contributed by atoms with Gasteiger partial charge in [0.15, 0.2) is 5.03 Å². The van der Waals surface area contributed by atoms with Crippen LogP contribution in [-0.2, 0) is 16.6 Å². The van der Waals surface area contributed by atoms with E-state index in [0.29, 0.717) is 12.1 Å². The van der Waals surface area contributed by atoms with Gasteiger partial charge in [0.2, 0.25) is 0 Å². The molecule has 1 unspecified atom stereocenters. The van der Waals surface area contributed by atoms with Crippen molar-refractivity contribution in [3.63, 3.8) is 0 Å². The average molecular weight is 306 g/mol. The van der Waals surface area contributed by atoms with Gasteiger partial charge in [-0.2, -0.15) is 16.9 Å². The molecule has 1 heterocycles. The molecular weight excluding hydrogens is 284 g/mol. The fourth-order valence-electron chi connectivity index (χ4n) is 1.71. The lowest BCUT2D eigenvalue weighted by molar-refractivity contribution is 0.551. The summed E-state index contributed by atoms with van der Waals surface area (Å²) in [6.45, 7) is 4.15. The summed E-state index contributed by atoms with van der Waals surface area (Å²) >= 11 is 1.70. The molecule has 0 saturated heterocycles. The number of aromatic amines is 1. The Kier molecular flexibility index (Phi) is 6.31. The van der Waals surface area contributed by atoms with Crippen molar-refractivity contribution in [2.45, 2.75) is 37.9 Å². The molecule has 1 aromatic rings. The predicted molar refractivity (Wildman–Crippen MR) is 78.9 cm³/mol. The topological polar surface area (TPSA) is 86.9 Å². The fourth-order valence-corrected chi connectivity index (χ4v) is 3.78. The highest BCUT2D eigenvalue weighted by molar-refractivity contribution is 7.98. The zero-order chi connectivity index (χ0) is 14.5. The smallest absolute Gasteiger partial charge is 0.260 e. The quantitative estimate of drug-likeness (QED) is 0.663. The van der Waals surface area contributed by atoms with Gasteiger partial charge in [-0.1, -0.05) is 0 Å². The van der Waals surface area contributed by atoms with Crippen molar-refractivity contribution < 1.29 is 8.42 Å². The van der Waals surface area contributed by atoms with Crippen molar-refractivity contribution in [2.75, 3.05) is 19.1 Å². The second kappa shape index (κ2) is 7.28. The number of sulfonamides is 1. The number of nitrogens with zero attached hydrogens (tertiary/aromatic N) is 1. The number of aryl methyl sites for hydroxylation is 1. The molecule has 0 radical (unpaired) electrons. The number of nitrogens with one attached hydrogen (secondary N) is 3. The van der Waals surface area contributed by atoms with Gasteiger partial charge in [0.1, 0.15) is 0 Å². The van der Waals surface area contributed by atoms with Crippen LogP contribution in [-0.4, -0.2) is 43.7 Å². The first kappa shape index (κ1) is 16.5. The van der Waals surface area contributed by atoms with E-state index in [1.54, 1.807) is 18.8 Å². The van der Waals surface area contributed by atoms with Crippen LogP contribution in [0, 0.1) is 6.92 Å². The summed E-state index contributed by atoms with van der Waals surface area (Å²) in [6, 6.07) is -0.100. The monoisotopic (exact) mass is 306 g/mol. The van der Waals surface area contributed by atoms with Gasteiger partial charge in [0, 0.05) is 23.8 Å². The van der Waals surface area contributed by atoms with Crippen LogP contribution in [0.2, 0.25) is 0 Å². The van der Waals surface area contributed by atoms with Gasteiger partial charge in [0.25, 0.3) is 10.0 Å². The molecule has 1 aromatic heterocycles. The number of thioether (sulfide) groups is 1. The summed E-state index contributed by atoms with van der Waals surface area (Å²) in [6.07, 6.45) is 2.80. The third-order valence-electron chi connectivity index (χ3n) is 2.76. The van der Waals surface area contributed by atoms with E-state index in [-0.39, 0.29) is 11.1 Å². The highest BCUT2D eigenvalue weighted by atomic mass is 32.2. The van der Waals surface area contributed by atoms with Gasteiger partial charge < -0.3 is 5.32 Å². The lowest BCUT2D eigenvalue weighted by Gasteiger charge is -2.13. The Bertz CT molecular complexity index is 499. The van der Waals surface area contributed by atoms with E-state index in [1.165, 1.54) is 0 Å². The largest absolute Gasteiger partial charge is 0.316 e. The van der Waals surface area contributed by atoms with Crippen LogP contribution in [0.25, 0.3) is 0 Å². The molecule has 110 valence electrons. The number of hydrogen-bond acceptors (Lipinski definition) is 5. The number of rotatable bonds is 8. The molecule has 8 heteroatoms. The highest BCUT2D eigenvalue weighted by Gasteiger charge is 2.24. The first-order valence-corrected chi connectivity index (χ1v) is 8.99. The van der Waals surface area contributed by atoms with Crippen LogP contribution in [0.15, 0.2) is 5.03 Å².